The lowest BCUT2D eigenvalue weighted by molar-refractivity contribution is 0.200. The normalized spacial score (nSPS) is 10.9. The standard InChI is InChI=1S/C10H18N2O2S/c1-8-9(2)14-10(12-8)15-7-5-11-4-6-13-3/h11H,4-7H2,1-3H3. The van der Waals surface area contributed by atoms with Gasteiger partial charge in [-0.2, -0.15) is 0 Å². The number of nitrogens with one attached hydrogen (secondary N) is 1. The van der Waals surface area contributed by atoms with Gasteiger partial charge in [0.25, 0.3) is 5.22 Å². The molecule has 4 nitrogen and oxygen atoms in total. The van der Waals surface area contributed by atoms with Crippen LogP contribution in [0.1, 0.15) is 11.5 Å². The Morgan fingerprint density at radius 1 is 1.40 bits per heavy atom. The molecule has 1 aromatic rings. The largest absolute Gasteiger partial charge is 0.437 e. The third kappa shape index (κ3) is 4.68. The van der Waals surface area contributed by atoms with Gasteiger partial charge in [0, 0.05) is 26.0 Å². The number of methoxy groups -OCH3 is 1. The molecule has 5 heteroatoms. The highest BCUT2D eigenvalue weighted by atomic mass is 32.2. The van der Waals surface area contributed by atoms with Gasteiger partial charge in [-0.05, 0) is 13.8 Å². The molecule has 0 radical (unpaired) electrons. The van der Waals surface area contributed by atoms with Crippen LogP contribution in [0, 0.1) is 13.8 Å². The van der Waals surface area contributed by atoms with E-state index in [1.165, 1.54) is 0 Å². The molecule has 0 amide bonds. The minimum absolute atomic E-state index is 0.752. The Kier molecular flexibility index (Phi) is 5.75. The summed E-state index contributed by atoms with van der Waals surface area (Å²) in [5.74, 6) is 1.87. The number of hydrogen-bond donors (Lipinski definition) is 1. The average Bonchev–Trinajstić information content (AvgIpc) is 2.52. The molecule has 0 spiro atoms. The summed E-state index contributed by atoms with van der Waals surface area (Å²) >= 11 is 1.63. The second kappa shape index (κ2) is 6.87. The Balaban J connectivity index is 2.10. The molecular weight excluding hydrogens is 212 g/mol. The van der Waals surface area contributed by atoms with Crippen LogP contribution in [0.4, 0.5) is 0 Å². The quantitative estimate of drug-likeness (QED) is 0.570. The van der Waals surface area contributed by atoms with Crippen LogP contribution >= 0.6 is 11.8 Å². The molecule has 15 heavy (non-hydrogen) atoms. The van der Waals surface area contributed by atoms with Crippen molar-refractivity contribution in [2.45, 2.75) is 19.1 Å². The van der Waals surface area contributed by atoms with Gasteiger partial charge in [-0.15, -0.1) is 0 Å². The predicted octanol–water partition coefficient (Wildman–Crippen LogP) is 1.62. The fraction of sp³-hybridized carbons (Fsp3) is 0.700. The van der Waals surface area contributed by atoms with Gasteiger partial charge in [0.15, 0.2) is 0 Å². The predicted molar refractivity (Wildman–Crippen MR) is 61.4 cm³/mol. The van der Waals surface area contributed by atoms with E-state index in [9.17, 15) is 0 Å². The first-order valence-corrected chi connectivity index (χ1v) is 5.99. The molecule has 0 atom stereocenters. The van der Waals surface area contributed by atoms with E-state index < -0.39 is 0 Å². The van der Waals surface area contributed by atoms with Crippen LogP contribution in [-0.2, 0) is 4.74 Å². The van der Waals surface area contributed by atoms with Gasteiger partial charge in [-0.1, -0.05) is 11.8 Å². The second-order valence-corrected chi connectivity index (χ2v) is 4.26. The molecule has 0 saturated heterocycles. The second-order valence-electron chi connectivity index (χ2n) is 3.21. The van der Waals surface area contributed by atoms with Crippen molar-refractivity contribution in [1.29, 1.82) is 0 Å². The molecule has 1 N–H and O–H groups in total. The summed E-state index contributed by atoms with van der Waals surface area (Å²) < 4.78 is 10.4. The number of rotatable bonds is 7. The fourth-order valence-electron chi connectivity index (χ4n) is 1.01. The summed E-state index contributed by atoms with van der Waals surface area (Å²) in [4.78, 5) is 4.29. The Labute approximate surface area is 94.8 Å². The molecule has 1 aromatic heterocycles. The maximum absolute atomic E-state index is 5.44. The molecule has 0 aliphatic rings. The number of aromatic nitrogens is 1. The lowest BCUT2D eigenvalue weighted by atomic mass is 10.4. The number of ether oxygens (including phenoxy) is 1. The minimum atomic E-state index is 0.752. The van der Waals surface area contributed by atoms with Crippen LogP contribution in [0.2, 0.25) is 0 Å². The molecule has 0 bridgehead atoms. The first kappa shape index (κ1) is 12.5. The van der Waals surface area contributed by atoms with E-state index in [1.807, 2.05) is 13.8 Å². The van der Waals surface area contributed by atoms with E-state index in [4.69, 9.17) is 9.15 Å². The monoisotopic (exact) mass is 230 g/mol. The number of aryl methyl sites for hydroxylation is 2. The SMILES string of the molecule is COCCNCCSc1nc(C)c(C)o1. The van der Waals surface area contributed by atoms with Crippen LogP contribution < -0.4 is 5.32 Å². The molecule has 0 unspecified atom stereocenters. The summed E-state index contributed by atoms with van der Waals surface area (Å²) in [6.07, 6.45) is 0. The first-order chi connectivity index (χ1) is 7.24. The highest BCUT2D eigenvalue weighted by Gasteiger charge is 2.04. The number of thioether (sulfide) groups is 1. The number of oxazole rings is 1. The highest BCUT2D eigenvalue weighted by Crippen LogP contribution is 2.19. The maximum atomic E-state index is 5.44. The van der Waals surface area contributed by atoms with Crippen LogP contribution in [0.5, 0.6) is 0 Å². The van der Waals surface area contributed by atoms with Crippen molar-refractivity contribution in [2.75, 3.05) is 32.6 Å². The van der Waals surface area contributed by atoms with E-state index in [0.717, 1.165) is 42.1 Å². The van der Waals surface area contributed by atoms with Gasteiger partial charge in [0.1, 0.15) is 5.76 Å². The summed E-state index contributed by atoms with van der Waals surface area (Å²) in [5, 5.41) is 4.03. The van der Waals surface area contributed by atoms with E-state index in [0.29, 0.717) is 0 Å². The lowest BCUT2D eigenvalue weighted by Gasteiger charge is -2.01. The van der Waals surface area contributed by atoms with Crippen LogP contribution in [0.15, 0.2) is 9.64 Å². The first-order valence-electron chi connectivity index (χ1n) is 5.00. The van der Waals surface area contributed by atoms with Gasteiger partial charge >= 0.3 is 0 Å². The van der Waals surface area contributed by atoms with Gasteiger partial charge in [0.2, 0.25) is 0 Å². The summed E-state index contributed by atoms with van der Waals surface area (Å²) in [6.45, 7) is 6.47. The minimum Gasteiger partial charge on any atom is -0.437 e. The Hall–Kier alpha value is -0.520. The third-order valence-electron chi connectivity index (χ3n) is 2.00. The molecule has 86 valence electrons. The third-order valence-corrected chi connectivity index (χ3v) is 2.83. The van der Waals surface area contributed by atoms with E-state index in [1.54, 1.807) is 18.9 Å². The Bertz CT molecular complexity index is 269. The van der Waals surface area contributed by atoms with Crippen molar-refractivity contribution < 1.29 is 9.15 Å². The number of hydrogen-bond acceptors (Lipinski definition) is 5. The van der Waals surface area contributed by atoms with Gasteiger partial charge in [-0.3, -0.25) is 0 Å². The van der Waals surface area contributed by atoms with Crippen molar-refractivity contribution in [3.8, 4) is 0 Å². The molecule has 0 fully saturated rings. The van der Waals surface area contributed by atoms with Crippen molar-refractivity contribution in [3.05, 3.63) is 11.5 Å². The Morgan fingerprint density at radius 3 is 2.80 bits per heavy atom. The molecular formula is C10H18N2O2S. The number of nitrogens with zero attached hydrogens (tertiary/aromatic N) is 1. The lowest BCUT2D eigenvalue weighted by Crippen LogP contribution is -2.21. The maximum Gasteiger partial charge on any atom is 0.256 e. The average molecular weight is 230 g/mol. The molecule has 0 aromatic carbocycles. The summed E-state index contributed by atoms with van der Waals surface area (Å²) in [7, 11) is 1.70. The van der Waals surface area contributed by atoms with Crippen molar-refractivity contribution in [2.24, 2.45) is 0 Å². The smallest absolute Gasteiger partial charge is 0.256 e. The van der Waals surface area contributed by atoms with Crippen molar-refractivity contribution >= 4 is 11.8 Å². The topological polar surface area (TPSA) is 47.3 Å². The molecule has 0 saturated carbocycles. The molecule has 1 heterocycles. The zero-order chi connectivity index (χ0) is 11.1. The Morgan fingerprint density at radius 2 is 2.20 bits per heavy atom. The van der Waals surface area contributed by atoms with Gasteiger partial charge in [0.05, 0.1) is 12.3 Å². The molecule has 0 aliphatic heterocycles. The van der Waals surface area contributed by atoms with Crippen molar-refractivity contribution in [3.63, 3.8) is 0 Å². The van der Waals surface area contributed by atoms with Crippen LogP contribution in [0.25, 0.3) is 0 Å². The van der Waals surface area contributed by atoms with E-state index in [2.05, 4.69) is 10.3 Å². The zero-order valence-electron chi connectivity index (χ0n) is 9.50. The van der Waals surface area contributed by atoms with E-state index in [-0.39, 0.29) is 0 Å². The van der Waals surface area contributed by atoms with Crippen molar-refractivity contribution in [1.82, 2.24) is 10.3 Å². The molecule has 0 aliphatic carbocycles. The van der Waals surface area contributed by atoms with Gasteiger partial charge in [-0.25, -0.2) is 4.98 Å². The molecule has 1 rings (SSSR count). The van der Waals surface area contributed by atoms with Crippen LogP contribution in [0.3, 0.4) is 0 Å². The fourth-order valence-corrected chi connectivity index (χ4v) is 1.82. The van der Waals surface area contributed by atoms with E-state index >= 15 is 0 Å². The summed E-state index contributed by atoms with van der Waals surface area (Å²) in [6, 6.07) is 0. The van der Waals surface area contributed by atoms with Gasteiger partial charge < -0.3 is 14.5 Å². The summed E-state index contributed by atoms with van der Waals surface area (Å²) in [5.41, 5.74) is 0.977. The highest BCUT2D eigenvalue weighted by molar-refractivity contribution is 7.99. The van der Waals surface area contributed by atoms with Crippen LogP contribution in [-0.4, -0.2) is 37.5 Å². The zero-order valence-corrected chi connectivity index (χ0v) is 10.3.